The smallest absolute Gasteiger partial charge is 0.305 e. The zero-order valence-corrected chi connectivity index (χ0v) is 18.1. The standard InChI is InChI=1S/C21H40O3Si/c1-5-15-25(16-6-2,17-7-3)24-20-13-9-11-19(18-20)12-10-14-21(22)23-8-4/h18-19H,5-17H2,1-4H3. The van der Waals surface area contributed by atoms with Crippen molar-refractivity contribution in [2.75, 3.05) is 6.61 Å². The van der Waals surface area contributed by atoms with Gasteiger partial charge in [0.05, 0.1) is 12.4 Å². The van der Waals surface area contributed by atoms with Crippen LogP contribution >= 0.6 is 0 Å². The van der Waals surface area contributed by atoms with Gasteiger partial charge in [0.15, 0.2) is 0 Å². The molecule has 0 N–H and O–H groups in total. The van der Waals surface area contributed by atoms with E-state index in [-0.39, 0.29) is 5.97 Å². The molecule has 1 aliphatic carbocycles. The van der Waals surface area contributed by atoms with Crippen molar-refractivity contribution >= 4 is 14.3 Å². The highest BCUT2D eigenvalue weighted by Gasteiger charge is 2.35. The summed E-state index contributed by atoms with van der Waals surface area (Å²) in [6.07, 6.45) is 12.2. The molecule has 3 nitrogen and oxygen atoms in total. The van der Waals surface area contributed by atoms with Crippen LogP contribution in [-0.2, 0) is 14.0 Å². The van der Waals surface area contributed by atoms with Gasteiger partial charge in [0.2, 0.25) is 0 Å². The Morgan fingerprint density at radius 3 is 2.32 bits per heavy atom. The van der Waals surface area contributed by atoms with Gasteiger partial charge in [0.25, 0.3) is 8.32 Å². The second-order valence-corrected chi connectivity index (χ2v) is 11.6. The molecular formula is C21H40O3Si. The summed E-state index contributed by atoms with van der Waals surface area (Å²) < 4.78 is 11.8. The van der Waals surface area contributed by atoms with Crippen LogP contribution in [0.15, 0.2) is 11.8 Å². The lowest BCUT2D eigenvalue weighted by atomic mass is 9.90. The molecule has 0 aromatic rings. The van der Waals surface area contributed by atoms with E-state index in [4.69, 9.17) is 9.16 Å². The van der Waals surface area contributed by atoms with Gasteiger partial charge in [-0.15, -0.1) is 0 Å². The Kier molecular flexibility index (Phi) is 11.2. The van der Waals surface area contributed by atoms with E-state index in [0.29, 0.717) is 18.9 Å². The Morgan fingerprint density at radius 2 is 1.76 bits per heavy atom. The lowest BCUT2D eigenvalue weighted by Gasteiger charge is -2.35. The fourth-order valence-electron chi connectivity index (χ4n) is 4.20. The van der Waals surface area contributed by atoms with Gasteiger partial charge in [0.1, 0.15) is 0 Å². The van der Waals surface area contributed by atoms with Gasteiger partial charge in [-0.25, -0.2) is 0 Å². The molecule has 0 spiro atoms. The molecule has 0 aromatic carbocycles. The van der Waals surface area contributed by atoms with E-state index < -0.39 is 8.32 Å². The fraction of sp³-hybridized carbons (Fsp3) is 0.857. The third-order valence-electron chi connectivity index (χ3n) is 5.15. The average molecular weight is 369 g/mol. The Labute approximate surface area is 156 Å². The Bertz CT molecular complexity index is 389. The third-order valence-corrected chi connectivity index (χ3v) is 10.1. The van der Waals surface area contributed by atoms with E-state index in [1.54, 1.807) is 0 Å². The van der Waals surface area contributed by atoms with Crippen LogP contribution in [-0.4, -0.2) is 20.9 Å². The highest BCUT2D eigenvalue weighted by molar-refractivity contribution is 6.74. The number of ether oxygens (including phenoxy) is 1. The molecule has 0 saturated heterocycles. The van der Waals surface area contributed by atoms with Crippen molar-refractivity contribution in [2.24, 2.45) is 5.92 Å². The summed E-state index contributed by atoms with van der Waals surface area (Å²) in [5, 5.41) is 0. The molecule has 0 saturated carbocycles. The van der Waals surface area contributed by atoms with E-state index in [9.17, 15) is 4.79 Å². The number of rotatable bonds is 13. The maximum absolute atomic E-state index is 11.5. The van der Waals surface area contributed by atoms with E-state index in [1.165, 1.54) is 56.0 Å². The first-order chi connectivity index (χ1) is 12.1. The summed E-state index contributed by atoms with van der Waals surface area (Å²) in [6, 6.07) is 3.87. The molecule has 0 aromatic heterocycles. The van der Waals surface area contributed by atoms with E-state index >= 15 is 0 Å². The maximum atomic E-state index is 11.5. The number of hydrogen-bond donors (Lipinski definition) is 0. The van der Waals surface area contributed by atoms with Crippen LogP contribution in [0.3, 0.4) is 0 Å². The van der Waals surface area contributed by atoms with Gasteiger partial charge in [-0.05, 0) is 62.7 Å². The molecule has 1 atom stereocenters. The second kappa shape index (κ2) is 12.6. The summed E-state index contributed by atoms with van der Waals surface area (Å²) in [5.74, 6) is 1.79. The predicted octanol–water partition coefficient (Wildman–Crippen LogP) is 6.60. The molecule has 1 aliphatic rings. The monoisotopic (exact) mass is 368 g/mol. The molecule has 0 heterocycles. The number of hydrogen-bond acceptors (Lipinski definition) is 3. The van der Waals surface area contributed by atoms with Gasteiger partial charge in [0, 0.05) is 12.8 Å². The van der Waals surface area contributed by atoms with Crippen molar-refractivity contribution in [1.29, 1.82) is 0 Å². The van der Waals surface area contributed by atoms with Crippen molar-refractivity contribution in [3.05, 3.63) is 11.8 Å². The minimum Gasteiger partial charge on any atom is -0.547 e. The quantitative estimate of drug-likeness (QED) is 0.271. The van der Waals surface area contributed by atoms with Crippen LogP contribution in [0.2, 0.25) is 18.1 Å². The van der Waals surface area contributed by atoms with Crippen LogP contribution in [0, 0.1) is 5.92 Å². The van der Waals surface area contributed by atoms with E-state index in [1.807, 2.05) is 6.92 Å². The maximum Gasteiger partial charge on any atom is 0.305 e. The highest BCUT2D eigenvalue weighted by Crippen LogP contribution is 2.34. The van der Waals surface area contributed by atoms with Crippen LogP contribution in [0.25, 0.3) is 0 Å². The minimum absolute atomic E-state index is 0.0565. The summed E-state index contributed by atoms with van der Waals surface area (Å²) in [6.45, 7) is 9.24. The highest BCUT2D eigenvalue weighted by atomic mass is 28.4. The first-order valence-corrected chi connectivity index (χ1v) is 13.2. The van der Waals surface area contributed by atoms with Crippen molar-refractivity contribution in [3.8, 4) is 0 Å². The molecule has 0 aliphatic heterocycles. The Morgan fingerprint density at radius 1 is 1.12 bits per heavy atom. The number of carbonyl (C=O) groups excluding carboxylic acids is 1. The Balaban J connectivity index is 2.62. The fourth-order valence-corrected chi connectivity index (χ4v) is 8.71. The lowest BCUT2D eigenvalue weighted by Crippen LogP contribution is -2.37. The molecule has 25 heavy (non-hydrogen) atoms. The molecule has 0 radical (unpaired) electrons. The summed E-state index contributed by atoms with van der Waals surface area (Å²) >= 11 is 0. The normalized spacial score (nSPS) is 17.9. The molecule has 1 rings (SSSR count). The number of esters is 1. The van der Waals surface area contributed by atoms with Crippen molar-refractivity contribution < 1.29 is 14.0 Å². The van der Waals surface area contributed by atoms with Gasteiger partial charge >= 0.3 is 5.97 Å². The average Bonchev–Trinajstić information content (AvgIpc) is 2.56. The molecule has 0 amide bonds. The van der Waals surface area contributed by atoms with Gasteiger partial charge in [-0.2, -0.15) is 0 Å². The molecule has 0 bridgehead atoms. The molecule has 0 fully saturated rings. The number of carbonyl (C=O) groups is 1. The lowest BCUT2D eigenvalue weighted by molar-refractivity contribution is -0.143. The SMILES string of the molecule is CCC[Si](CCC)(CCC)OC1=CC(CCCC(=O)OCC)CCC1. The van der Waals surface area contributed by atoms with E-state index in [2.05, 4.69) is 26.8 Å². The van der Waals surface area contributed by atoms with Crippen LogP contribution in [0.4, 0.5) is 0 Å². The molecule has 4 heteroatoms. The Hall–Kier alpha value is -0.773. The summed E-state index contributed by atoms with van der Waals surface area (Å²) in [7, 11) is -1.61. The molecule has 146 valence electrons. The first-order valence-electron chi connectivity index (χ1n) is 10.6. The third kappa shape index (κ3) is 8.43. The zero-order chi connectivity index (χ0) is 18.5. The van der Waals surface area contributed by atoms with E-state index in [0.717, 1.165) is 19.3 Å². The van der Waals surface area contributed by atoms with Crippen molar-refractivity contribution in [3.63, 3.8) is 0 Å². The van der Waals surface area contributed by atoms with Crippen LogP contribution in [0.1, 0.15) is 85.5 Å². The number of allylic oxidation sites excluding steroid dienone is 2. The topological polar surface area (TPSA) is 35.5 Å². The van der Waals surface area contributed by atoms with Crippen LogP contribution in [0.5, 0.6) is 0 Å². The summed E-state index contributed by atoms with van der Waals surface area (Å²) in [4.78, 5) is 11.5. The first kappa shape index (κ1) is 22.3. The summed E-state index contributed by atoms with van der Waals surface area (Å²) in [5.41, 5.74) is 0. The molecular weight excluding hydrogens is 328 g/mol. The zero-order valence-electron chi connectivity index (χ0n) is 17.1. The largest absolute Gasteiger partial charge is 0.547 e. The van der Waals surface area contributed by atoms with Crippen molar-refractivity contribution in [1.82, 2.24) is 0 Å². The van der Waals surface area contributed by atoms with Gasteiger partial charge < -0.3 is 9.16 Å². The van der Waals surface area contributed by atoms with Crippen LogP contribution < -0.4 is 0 Å². The van der Waals surface area contributed by atoms with Crippen molar-refractivity contribution in [2.45, 2.75) is 104 Å². The molecule has 1 unspecified atom stereocenters. The second-order valence-electron chi connectivity index (χ2n) is 7.52. The van der Waals surface area contributed by atoms with Gasteiger partial charge in [-0.1, -0.05) is 40.0 Å². The predicted molar refractivity (Wildman–Crippen MR) is 108 cm³/mol. The van der Waals surface area contributed by atoms with Gasteiger partial charge in [-0.3, -0.25) is 4.79 Å². The minimum atomic E-state index is -1.61.